The number of nitrogens with one attached hydrogen (secondary N) is 1. The highest BCUT2D eigenvalue weighted by Gasteiger charge is 2.12. The van der Waals surface area contributed by atoms with E-state index >= 15 is 0 Å². The largest absolute Gasteiger partial charge is 0.380 e. The van der Waals surface area contributed by atoms with E-state index in [0.29, 0.717) is 6.04 Å². The molecule has 0 radical (unpaired) electrons. The highest BCUT2D eigenvalue weighted by molar-refractivity contribution is 5.52. The van der Waals surface area contributed by atoms with Crippen LogP contribution in [0.2, 0.25) is 0 Å². The zero-order valence-electron chi connectivity index (χ0n) is 11.0. The van der Waals surface area contributed by atoms with E-state index in [2.05, 4.69) is 31.2 Å². The van der Waals surface area contributed by atoms with Gasteiger partial charge in [0.2, 0.25) is 0 Å². The lowest BCUT2D eigenvalue weighted by Crippen LogP contribution is -2.22. The van der Waals surface area contributed by atoms with Gasteiger partial charge in [0.25, 0.3) is 0 Å². The lowest BCUT2D eigenvalue weighted by molar-refractivity contribution is 0.141. The van der Waals surface area contributed by atoms with Gasteiger partial charge in [-0.25, -0.2) is 0 Å². The van der Waals surface area contributed by atoms with Crippen molar-refractivity contribution < 1.29 is 4.74 Å². The number of aromatic nitrogens is 2. The summed E-state index contributed by atoms with van der Waals surface area (Å²) in [6, 6.07) is 0.312. The first-order valence-corrected chi connectivity index (χ1v) is 5.98. The highest BCUT2D eigenvalue weighted by Crippen LogP contribution is 2.20. The third-order valence-corrected chi connectivity index (χ3v) is 2.64. The molecule has 92 valence electrons. The second-order valence-corrected chi connectivity index (χ2v) is 4.07. The van der Waals surface area contributed by atoms with Crippen LogP contribution in [0, 0.1) is 13.8 Å². The van der Waals surface area contributed by atoms with Crippen LogP contribution >= 0.6 is 0 Å². The molecule has 1 aromatic rings. The first-order chi connectivity index (χ1) is 7.60. The van der Waals surface area contributed by atoms with Crippen LogP contribution in [0.15, 0.2) is 0 Å². The zero-order chi connectivity index (χ0) is 12.1. The summed E-state index contributed by atoms with van der Waals surface area (Å²) in [6.07, 6.45) is 0. The van der Waals surface area contributed by atoms with Gasteiger partial charge in [0.1, 0.15) is 0 Å². The Bertz CT molecular complexity index is 333. The van der Waals surface area contributed by atoms with Gasteiger partial charge in [0.15, 0.2) is 0 Å². The standard InChI is InChI=1S/C12H23N3O/c1-6-15-11(5)12(10(4)14-15)13-9(3)8-16-7-2/h9,13H,6-8H2,1-5H3. The summed E-state index contributed by atoms with van der Waals surface area (Å²) in [7, 11) is 0. The molecule has 1 N–H and O–H groups in total. The van der Waals surface area contributed by atoms with Crippen molar-refractivity contribution in [1.82, 2.24) is 9.78 Å². The monoisotopic (exact) mass is 225 g/mol. The first kappa shape index (κ1) is 13.0. The van der Waals surface area contributed by atoms with Crippen molar-refractivity contribution in [1.29, 1.82) is 0 Å². The van der Waals surface area contributed by atoms with Crippen molar-refractivity contribution in [3.63, 3.8) is 0 Å². The lowest BCUT2D eigenvalue weighted by Gasteiger charge is -2.15. The van der Waals surface area contributed by atoms with E-state index in [1.165, 1.54) is 5.69 Å². The van der Waals surface area contributed by atoms with Gasteiger partial charge in [-0.15, -0.1) is 0 Å². The van der Waals surface area contributed by atoms with Crippen molar-refractivity contribution in [2.45, 2.75) is 47.2 Å². The molecule has 1 heterocycles. The molecule has 0 saturated carbocycles. The number of anilines is 1. The fourth-order valence-electron chi connectivity index (χ4n) is 1.80. The SMILES string of the molecule is CCOCC(C)Nc1c(C)nn(CC)c1C. The number of hydrogen-bond acceptors (Lipinski definition) is 3. The van der Waals surface area contributed by atoms with Crippen LogP contribution in [0.25, 0.3) is 0 Å². The average molecular weight is 225 g/mol. The van der Waals surface area contributed by atoms with Crippen LogP contribution < -0.4 is 5.32 Å². The van der Waals surface area contributed by atoms with E-state index in [1.54, 1.807) is 0 Å². The molecule has 4 heteroatoms. The van der Waals surface area contributed by atoms with Gasteiger partial charge in [-0.3, -0.25) is 4.68 Å². The molecule has 0 saturated heterocycles. The molecular weight excluding hydrogens is 202 g/mol. The number of ether oxygens (including phenoxy) is 1. The molecule has 1 atom stereocenters. The lowest BCUT2D eigenvalue weighted by atomic mass is 10.2. The number of rotatable bonds is 6. The molecule has 4 nitrogen and oxygen atoms in total. The topological polar surface area (TPSA) is 39.1 Å². The number of aryl methyl sites for hydroxylation is 2. The van der Waals surface area contributed by atoms with Gasteiger partial charge in [-0.05, 0) is 34.6 Å². The minimum absolute atomic E-state index is 0.312. The first-order valence-electron chi connectivity index (χ1n) is 5.98. The second-order valence-electron chi connectivity index (χ2n) is 4.07. The Labute approximate surface area is 98.0 Å². The highest BCUT2D eigenvalue weighted by atomic mass is 16.5. The van der Waals surface area contributed by atoms with E-state index in [0.717, 1.165) is 31.1 Å². The Morgan fingerprint density at radius 3 is 2.56 bits per heavy atom. The minimum atomic E-state index is 0.312. The summed E-state index contributed by atoms with van der Waals surface area (Å²) in [5, 5.41) is 7.93. The Hall–Kier alpha value is -1.03. The molecule has 0 fully saturated rings. The molecule has 0 aliphatic carbocycles. The Morgan fingerprint density at radius 1 is 1.38 bits per heavy atom. The molecule has 1 aromatic heterocycles. The number of hydrogen-bond donors (Lipinski definition) is 1. The van der Waals surface area contributed by atoms with Crippen molar-refractivity contribution >= 4 is 5.69 Å². The Balaban J connectivity index is 2.69. The fraction of sp³-hybridized carbons (Fsp3) is 0.750. The van der Waals surface area contributed by atoms with Gasteiger partial charge >= 0.3 is 0 Å². The van der Waals surface area contributed by atoms with Crippen LogP contribution in [0.4, 0.5) is 5.69 Å². The molecule has 0 spiro atoms. The van der Waals surface area contributed by atoms with Gasteiger partial charge in [0, 0.05) is 19.2 Å². The maximum atomic E-state index is 5.39. The Morgan fingerprint density at radius 2 is 2.06 bits per heavy atom. The molecule has 1 unspecified atom stereocenters. The van der Waals surface area contributed by atoms with Crippen molar-refractivity contribution in [2.75, 3.05) is 18.5 Å². The maximum absolute atomic E-state index is 5.39. The third kappa shape index (κ3) is 2.98. The van der Waals surface area contributed by atoms with Crippen LogP contribution in [0.1, 0.15) is 32.2 Å². The van der Waals surface area contributed by atoms with Gasteiger partial charge < -0.3 is 10.1 Å². The van der Waals surface area contributed by atoms with E-state index < -0.39 is 0 Å². The minimum Gasteiger partial charge on any atom is -0.380 e. The van der Waals surface area contributed by atoms with Gasteiger partial charge in [-0.1, -0.05) is 0 Å². The number of nitrogens with zero attached hydrogens (tertiary/aromatic N) is 2. The third-order valence-electron chi connectivity index (χ3n) is 2.64. The molecule has 0 aromatic carbocycles. The summed E-state index contributed by atoms with van der Waals surface area (Å²) in [4.78, 5) is 0. The summed E-state index contributed by atoms with van der Waals surface area (Å²) >= 11 is 0. The maximum Gasteiger partial charge on any atom is 0.0828 e. The van der Waals surface area contributed by atoms with Gasteiger partial charge in [-0.2, -0.15) is 5.10 Å². The second kappa shape index (κ2) is 5.89. The van der Waals surface area contributed by atoms with Gasteiger partial charge in [0.05, 0.1) is 23.7 Å². The predicted molar refractivity (Wildman–Crippen MR) is 67.0 cm³/mol. The zero-order valence-corrected chi connectivity index (χ0v) is 11.0. The van der Waals surface area contributed by atoms with Crippen molar-refractivity contribution in [3.05, 3.63) is 11.4 Å². The fourth-order valence-corrected chi connectivity index (χ4v) is 1.80. The predicted octanol–water partition coefficient (Wildman–Crippen LogP) is 2.36. The van der Waals surface area contributed by atoms with Crippen LogP contribution in [-0.2, 0) is 11.3 Å². The van der Waals surface area contributed by atoms with E-state index in [-0.39, 0.29) is 0 Å². The molecule has 0 aliphatic rings. The van der Waals surface area contributed by atoms with E-state index in [1.807, 2.05) is 18.5 Å². The molecule has 0 bridgehead atoms. The van der Waals surface area contributed by atoms with Crippen LogP contribution in [0.5, 0.6) is 0 Å². The summed E-state index contributed by atoms with van der Waals surface area (Å²) in [5.74, 6) is 0. The van der Waals surface area contributed by atoms with E-state index in [9.17, 15) is 0 Å². The quantitative estimate of drug-likeness (QED) is 0.807. The van der Waals surface area contributed by atoms with Crippen LogP contribution in [-0.4, -0.2) is 29.0 Å². The average Bonchev–Trinajstić information content (AvgIpc) is 2.53. The normalized spacial score (nSPS) is 12.8. The molecule has 16 heavy (non-hydrogen) atoms. The van der Waals surface area contributed by atoms with E-state index in [4.69, 9.17) is 4.74 Å². The van der Waals surface area contributed by atoms with Crippen molar-refractivity contribution in [3.8, 4) is 0 Å². The van der Waals surface area contributed by atoms with Crippen molar-refractivity contribution in [2.24, 2.45) is 0 Å². The molecule has 1 rings (SSSR count). The van der Waals surface area contributed by atoms with Crippen LogP contribution in [0.3, 0.4) is 0 Å². The molecule has 0 amide bonds. The Kier molecular flexibility index (Phi) is 4.80. The summed E-state index contributed by atoms with van der Waals surface area (Å²) in [5.41, 5.74) is 3.40. The summed E-state index contributed by atoms with van der Waals surface area (Å²) < 4.78 is 7.41. The molecular formula is C12H23N3O. The summed E-state index contributed by atoms with van der Waals surface area (Å²) in [6.45, 7) is 12.8. The molecule has 0 aliphatic heterocycles. The smallest absolute Gasteiger partial charge is 0.0828 e.